The minimum Gasteiger partial charge on any atom is -0.343 e. The van der Waals surface area contributed by atoms with Gasteiger partial charge in [0.05, 0.1) is 38.6 Å². The second kappa shape index (κ2) is 6.02. The van der Waals surface area contributed by atoms with Crippen LogP contribution in [0.2, 0.25) is 0 Å². The van der Waals surface area contributed by atoms with Gasteiger partial charge < -0.3 is 10.2 Å². The van der Waals surface area contributed by atoms with Crippen molar-refractivity contribution in [3.05, 3.63) is 0 Å². The molecule has 0 radical (unpaired) electrons. The molecule has 1 saturated carbocycles. The molecule has 0 atom stereocenters. The van der Waals surface area contributed by atoms with Crippen LogP contribution in [0.5, 0.6) is 0 Å². The Labute approximate surface area is 102 Å². The molecule has 1 aliphatic carbocycles. The van der Waals surface area contributed by atoms with Crippen molar-refractivity contribution in [1.29, 1.82) is 0 Å². The van der Waals surface area contributed by atoms with E-state index >= 15 is 0 Å². The van der Waals surface area contributed by atoms with E-state index in [-0.39, 0.29) is 0 Å². The molecule has 0 heterocycles. The van der Waals surface area contributed by atoms with Crippen molar-refractivity contribution in [3.63, 3.8) is 0 Å². The smallest absolute Gasteiger partial charge is 0.0873 e. The third-order valence-corrected chi connectivity index (χ3v) is 3.90. The average Bonchev–Trinajstić information content (AvgIpc) is 2.15. The van der Waals surface area contributed by atoms with Crippen LogP contribution < -0.4 is 10.2 Å². The van der Waals surface area contributed by atoms with Gasteiger partial charge in [-0.15, -0.1) is 0 Å². The van der Waals surface area contributed by atoms with Gasteiger partial charge in [0.1, 0.15) is 0 Å². The first-order valence-electron chi connectivity index (χ1n) is 7.01. The Morgan fingerprint density at radius 2 is 1.69 bits per heavy atom. The fourth-order valence-corrected chi connectivity index (χ4v) is 3.04. The van der Waals surface area contributed by atoms with E-state index < -0.39 is 0 Å². The van der Waals surface area contributed by atoms with E-state index in [1.165, 1.54) is 38.8 Å². The van der Waals surface area contributed by atoms with Gasteiger partial charge in [0.2, 0.25) is 0 Å². The summed E-state index contributed by atoms with van der Waals surface area (Å²) in [5.74, 6) is 0.976. The van der Waals surface area contributed by atoms with Crippen LogP contribution in [0.1, 0.15) is 46.5 Å². The zero-order valence-electron chi connectivity index (χ0n) is 12.0. The van der Waals surface area contributed by atoms with Crippen LogP contribution in [-0.4, -0.2) is 33.2 Å². The van der Waals surface area contributed by atoms with Crippen LogP contribution in [0.3, 0.4) is 0 Å². The van der Waals surface area contributed by atoms with Crippen LogP contribution in [-0.2, 0) is 0 Å². The first kappa shape index (κ1) is 14.0. The lowest BCUT2D eigenvalue weighted by molar-refractivity contribution is -0.869. The Bertz CT molecular complexity index is 191. The maximum atomic E-state index is 2.62. The number of hydrogen-bond donors (Lipinski definition) is 2. The Balaban J connectivity index is 2.23. The van der Waals surface area contributed by atoms with Crippen molar-refractivity contribution in [2.45, 2.75) is 52.5 Å². The summed E-state index contributed by atoms with van der Waals surface area (Å²) in [5.41, 5.74) is 0.474. The summed E-state index contributed by atoms with van der Waals surface area (Å²) in [7, 11) is 4.51. The number of nitrogens with one attached hydrogen (secondary N) is 1. The van der Waals surface area contributed by atoms with Gasteiger partial charge in [0.15, 0.2) is 0 Å². The summed E-state index contributed by atoms with van der Waals surface area (Å²) in [6.45, 7) is 9.77. The Kier molecular flexibility index (Phi) is 5.26. The molecular weight excluding hydrogens is 196 g/mol. The molecule has 0 saturated heterocycles. The highest BCUT2D eigenvalue weighted by atomic mass is 15.1. The zero-order chi connectivity index (χ0) is 12.2. The second-order valence-electron chi connectivity index (χ2n) is 7.01. The van der Waals surface area contributed by atoms with Gasteiger partial charge in [-0.1, -0.05) is 6.92 Å². The maximum Gasteiger partial charge on any atom is 0.0873 e. The van der Waals surface area contributed by atoms with Crippen molar-refractivity contribution in [2.24, 2.45) is 11.3 Å². The van der Waals surface area contributed by atoms with Crippen molar-refractivity contribution >= 4 is 0 Å². The van der Waals surface area contributed by atoms with Crippen molar-refractivity contribution in [3.8, 4) is 0 Å². The highest BCUT2D eigenvalue weighted by Gasteiger charge is 2.27. The molecule has 0 spiro atoms. The fraction of sp³-hybridized carbons (Fsp3) is 1.00. The molecule has 2 heteroatoms. The van der Waals surface area contributed by atoms with Crippen molar-refractivity contribution in [1.82, 2.24) is 0 Å². The van der Waals surface area contributed by atoms with E-state index in [4.69, 9.17) is 0 Å². The molecule has 16 heavy (non-hydrogen) atoms. The molecule has 3 N–H and O–H groups in total. The molecule has 0 aromatic rings. The lowest BCUT2D eigenvalue weighted by Crippen LogP contribution is -3.08. The molecule has 1 rings (SSSR count). The molecule has 0 unspecified atom stereocenters. The van der Waals surface area contributed by atoms with E-state index in [1.807, 2.05) is 0 Å². The average molecular weight is 228 g/mol. The lowest BCUT2D eigenvalue weighted by atomic mass is 9.86. The van der Waals surface area contributed by atoms with E-state index in [2.05, 4.69) is 40.2 Å². The first-order valence-corrected chi connectivity index (χ1v) is 7.01. The quantitative estimate of drug-likeness (QED) is 0.675. The molecule has 96 valence electrons. The van der Waals surface area contributed by atoms with E-state index in [1.54, 1.807) is 4.90 Å². The summed E-state index contributed by atoms with van der Waals surface area (Å²) < 4.78 is 0. The number of rotatable bonds is 5. The minimum atomic E-state index is 0.474. The molecule has 0 aliphatic heterocycles. The molecule has 0 bridgehead atoms. The standard InChI is InChI=1S/C14H30N2/c1-12-6-8-13(9-7-12)15-10-14(2,3)11-16(4)5/h12-13,15H,6-11H2,1-5H3/p+2. The van der Waals surface area contributed by atoms with Gasteiger partial charge in [-0.05, 0) is 45.4 Å². The van der Waals surface area contributed by atoms with Crippen LogP contribution in [0.4, 0.5) is 0 Å². The van der Waals surface area contributed by atoms with Crippen LogP contribution >= 0.6 is 0 Å². The minimum absolute atomic E-state index is 0.474. The van der Waals surface area contributed by atoms with Crippen LogP contribution in [0.15, 0.2) is 0 Å². The second-order valence-corrected chi connectivity index (χ2v) is 7.01. The highest BCUT2D eigenvalue weighted by Crippen LogP contribution is 2.21. The monoisotopic (exact) mass is 228 g/mol. The Morgan fingerprint density at radius 3 is 2.19 bits per heavy atom. The van der Waals surface area contributed by atoms with Gasteiger partial charge in [-0.3, -0.25) is 0 Å². The number of quaternary nitrogens is 2. The van der Waals surface area contributed by atoms with Gasteiger partial charge in [0.25, 0.3) is 0 Å². The predicted molar refractivity (Wildman–Crippen MR) is 69.7 cm³/mol. The molecule has 1 aliphatic rings. The van der Waals surface area contributed by atoms with Gasteiger partial charge >= 0.3 is 0 Å². The van der Waals surface area contributed by atoms with E-state index in [0.29, 0.717) is 5.41 Å². The van der Waals surface area contributed by atoms with Crippen LogP contribution in [0.25, 0.3) is 0 Å². The van der Waals surface area contributed by atoms with Crippen LogP contribution in [0, 0.1) is 11.3 Å². The SMILES string of the molecule is CC1CCC([NH2+]CC(C)(C)C[NH+](C)C)CC1. The predicted octanol–water partition coefficient (Wildman–Crippen LogP) is 0.299. The summed E-state index contributed by atoms with van der Waals surface area (Å²) in [6, 6.07) is 0.910. The van der Waals surface area contributed by atoms with E-state index in [9.17, 15) is 0 Å². The summed E-state index contributed by atoms with van der Waals surface area (Å²) in [4.78, 5) is 1.57. The molecule has 1 fully saturated rings. The van der Waals surface area contributed by atoms with E-state index in [0.717, 1.165) is 12.0 Å². The maximum absolute atomic E-state index is 2.62. The molecule has 0 aromatic carbocycles. The summed E-state index contributed by atoms with van der Waals surface area (Å²) in [5, 5.41) is 2.62. The van der Waals surface area contributed by atoms with Gasteiger partial charge in [-0.25, -0.2) is 0 Å². The van der Waals surface area contributed by atoms with Gasteiger partial charge in [-0.2, -0.15) is 0 Å². The third kappa shape index (κ3) is 5.31. The topological polar surface area (TPSA) is 21.1 Å². The Hall–Kier alpha value is -0.0800. The Morgan fingerprint density at radius 1 is 1.12 bits per heavy atom. The molecule has 2 nitrogen and oxygen atoms in total. The summed E-state index contributed by atoms with van der Waals surface area (Å²) in [6.07, 6.45) is 5.76. The summed E-state index contributed by atoms with van der Waals surface area (Å²) >= 11 is 0. The van der Waals surface area contributed by atoms with Gasteiger partial charge in [0, 0.05) is 0 Å². The lowest BCUT2D eigenvalue weighted by Gasteiger charge is -2.29. The highest BCUT2D eigenvalue weighted by molar-refractivity contribution is 4.69. The number of hydrogen-bond acceptors (Lipinski definition) is 0. The first-order chi connectivity index (χ1) is 7.39. The molecular formula is C14H32N2+2. The fourth-order valence-electron chi connectivity index (χ4n) is 3.04. The largest absolute Gasteiger partial charge is 0.343 e. The molecule has 0 amide bonds. The third-order valence-electron chi connectivity index (χ3n) is 3.90. The van der Waals surface area contributed by atoms with Crippen molar-refractivity contribution < 1.29 is 10.2 Å². The molecule has 0 aromatic heterocycles. The van der Waals surface area contributed by atoms with Crippen molar-refractivity contribution in [2.75, 3.05) is 27.2 Å². The zero-order valence-corrected chi connectivity index (χ0v) is 12.0. The number of nitrogens with two attached hydrogens (primary N) is 1. The normalized spacial score (nSPS) is 27.4.